The van der Waals surface area contributed by atoms with Crippen molar-refractivity contribution in [3.63, 3.8) is 0 Å². The summed E-state index contributed by atoms with van der Waals surface area (Å²) in [5.41, 5.74) is 0. The smallest absolute Gasteiger partial charge is 0.191 e. The first-order valence-electron chi connectivity index (χ1n) is 5.29. The summed E-state index contributed by atoms with van der Waals surface area (Å²) in [6, 6.07) is 5.73. The van der Waals surface area contributed by atoms with Crippen LogP contribution in [0.15, 0.2) is 40.9 Å². The first kappa shape index (κ1) is 13.1. The highest BCUT2D eigenvalue weighted by Gasteiger charge is 2.13. The fraction of sp³-hybridized carbons (Fsp3) is 0.273. The van der Waals surface area contributed by atoms with E-state index in [4.69, 9.17) is 0 Å². The summed E-state index contributed by atoms with van der Waals surface area (Å²) in [4.78, 5) is 15.3. The molecule has 0 spiro atoms. The molecule has 7 heteroatoms. The van der Waals surface area contributed by atoms with E-state index in [1.807, 2.05) is 25.2 Å². The second-order valence-corrected chi connectivity index (χ2v) is 5.74. The van der Waals surface area contributed by atoms with Crippen molar-refractivity contribution in [3.05, 3.63) is 30.7 Å². The number of aldehydes is 1. The molecule has 2 aromatic rings. The molecule has 0 aromatic carbocycles. The summed E-state index contributed by atoms with van der Waals surface area (Å²) in [7, 11) is 1.86. The fourth-order valence-electron chi connectivity index (χ4n) is 1.22. The van der Waals surface area contributed by atoms with Crippen molar-refractivity contribution in [3.8, 4) is 0 Å². The largest absolute Gasteiger partial charge is 0.312 e. The van der Waals surface area contributed by atoms with Crippen LogP contribution in [0.5, 0.6) is 0 Å². The molecule has 0 saturated carbocycles. The van der Waals surface area contributed by atoms with Gasteiger partial charge in [0.05, 0.1) is 10.3 Å². The van der Waals surface area contributed by atoms with Crippen molar-refractivity contribution >= 4 is 29.8 Å². The molecule has 0 aliphatic heterocycles. The second kappa shape index (κ2) is 6.55. The molecule has 0 fully saturated rings. The van der Waals surface area contributed by atoms with Crippen LogP contribution in [0.2, 0.25) is 0 Å². The summed E-state index contributed by atoms with van der Waals surface area (Å²) in [5, 5.41) is 9.25. The molecular weight excluding hydrogens is 268 g/mol. The average Bonchev–Trinajstić information content (AvgIpc) is 2.81. The minimum absolute atomic E-state index is 0.153. The van der Waals surface area contributed by atoms with Crippen molar-refractivity contribution in [2.75, 3.05) is 5.75 Å². The van der Waals surface area contributed by atoms with Crippen LogP contribution >= 0.6 is 23.5 Å². The van der Waals surface area contributed by atoms with Gasteiger partial charge in [-0.3, -0.25) is 0 Å². The monoisotopic (exact) mass is 280 g/mol. The van der Waals surface area contributed by atoms with E-state index in [-0.39, 0.29) is 5.25 Å². The number of aryl methyl sites for hydroxylation is 1. The highest BCUT2D eigenvalue weighted by Crippen LogP contribution is 2.24. The zero-order valence-electron chi connectivity index (χ0n) is 9.76. The number of pyridine rings is 1. The molecule has 94 valence electrons. The Hall–Kier alpha value is -1.34. The van der Waals surface area contributed by atoms with Crippen LogP contribution in [0.1, 0.15) is 0 Å². The number of carbonyl (C=O) groups is 1. The molecule has 0 saturated heterocycles. The molecule has 5 nitrogen and oxygen atoms in total. The number of thioether (sulfide) groups is 2. The minimum atomic E-state index is -0.153. The van der Waals surface area contributed by atoms with Gasteiger partial charge in [-0.05, 0) is 12.1 Å². The van der Waals surface area contributed by atoms with Crippen molar-refractivity contribution in [2.45, 2.75) is 15.4 Å². The topological polar surface area (TPSA) is 60.7 Å². The van der Waals surface area contributed by atoms with Crippen LogP contribution in [0, 0.1) is 0 Å². The van der Waals surface area contributed by atoms with Crippen LogP contribution in [0.25, 0.3) is 0 Å². The van der Waals surface area contributed by atoms with Crippen LogP contribution in [-0.4, -0.2) is 37.0 Å². The Labute approximate surface area is 113 Å². The number of hydrogen-bond donors (Lipinski definition) is 0. The third-order valence-electron chi connectivity index (χ3n) is 2.11. The Kier molecular flexibility index (Phi) is 4.77. The molecule has 0 radical (unpaired) electrons. The minimum Gasteiger partial charge on any atom is -0.312 e. The number of aromatic nitrogens is 4. The Morgan fingerprint density at radius 3 is 3.00 bits per heavy atom. The zero-order chi connectivity index (χ0) is 12.8. The summed E-state index contributed by atoms with van der Waals surface area (Å²) in [5.74, 6) is 0.665. The molecule has 1 unspecified atom stereocenters. The van der Waals surface area contributed by atoms with Crippen LogP contribution in [-0.2, 0) is 11.8 Å². The zero-order valence-corrected chi connectivity index (χ0v) is 11.4. The van der Waals surface area contributed by atoms with E-state index in [9.17, 15) is 4.79 Å². The number of hydrogen-bond acceptors (Lipinski definition) is 6. The molecule has 2 heterocycles. The van der Waals surface area contributed by atoms with Crippen molar-refractivity contribution < 1.29 is 4.79 Å². The van der Waals surface area contributed by atoms with Gasteiger partial charge in [-0.15, -0.1) is 22.0 Å². The predicted molar refractivity (Wildman–Crippen MR) is 71.7 cm³/mol. The van der Waals surface area contributed by atoms with Gasteiger partial charge < -0.3 is 9.36 Å². The molecule has 0 bridgehead atoms. The first-order chi connectivity index (χ1) is 8.79. The van der Waals surface area contributed by atoms with Gasteiger partial charge in [-0.2, -0.15) is 0 Å². The second-order valence-electron chi connectivity index (χ2n) is 3.50. The maximum atomic E-state index is 11.1. The lowest BCUT2D eigenvalue weighted by molar-refractivity contribution is -0.107. The van der Waals surface area contributed by atoms with Gasteiger partial charge in [-0.25, -0.2) is 4.98 Å². The number of rotatable bonds is 6. The lowest BCUT2D eigenvalue weighted by Crippen LogP contribution is -2.09. The fourth-order valence-corrected chi connectivity index (χ4v) is 3.05. The van der Waals surface area contributed by atoms with E-state index in [0.29, 0.717) is 5.75 Å². The van der Waals surface area contributed by atoms with Gasteiger partial charge in [0.15, 0.2) is 5.16 Å². The van der Waals surface area contributed by atoms with Crippen molar-refractivity contribution in [2.24, 2.45) is 7.05 Å². The maximum Gasteiger partial charge on any atom is 0.191 e. The molecule has 2 rings (SSSR count). The molecule has 1 atom stereocenters. The molecule has 0 N–H and O–H groups in total. The summed E-state index contributed by atoms with van der Waals surface area (Å²) >= 11 is 2.97. The third-order valence-corrected chi connectivity index (χ3v) is 4.55. The Morgan fingerprint density at radius 2 is 2.39 bits per heavy atom. The molecule has 2 aromatic heterocycles. The first-order valence-corrected chi connectivity index (χ1v) is 7.16. The Morgan fingerprint density at radius 1 is 1.50 bits per heavy atom. The molecule has 0 aliphatic rings. The predicted octanol–water partition coefficient (Wildman–Crippen LogP) is 1.66. The standard InChI is InChI=1S/C11H12N4OS2/c1-15-8-13-14-11(15)18-9(6-16)7-17-10-4-2-3-5-12-10/h2-6,8-9H,7H2,1H3. The van der Waals surface area contributed by atoms with Gasteiger partial charge in [0, 0.05) is 19.0 Å². The number of nitrogens with zero attached hydrogens (tertiary/aromatic N) is 4. The van der Waals surface area contributed by atoms with Crippen LogP contribution in [0.3, 0.4) is 0 Å². The van der Waals surface area contributed by atoms with Gasteiger partial charge in [-0.1, -0.05) is 17.8 Å². The van der Waals surface area contributed by atoms with Gasteiger partial charge in [0.1, 0.15) is 12.6 Å². The SMILES string of the molecule is Cn1cnnc1SC(C=O)CSc1ccccn1. The number of carbonyl (C=O) groups excluding carboxylic acids is 1. The van der Waals surface area contributed by atoms with Gasteiger partial charge >= 0.3 is 0 Å². The highest BCUT2D eigenvalue weighted by molar-refractivity contribution is 8.03. The molecule has 0 amide bonds. The quantitative estimate of drug-likeness (QED) is 0.592. The summed E-state index contributed by atoms with van der Waals surface area (Å²) < 4.78 is 1.80. The van der Waals surface area contributed by atoms with Gasteiger partial charge in [0.25, 0.3) is 0 Å². The molecule has 18 heavy (non-hydrogen) atoms. The Balaban J connectivity index is 1.90. The van der Waals surface area contributed by atoms with E-state index in [2.05, 4.69) is 15.2 Å². The molecule has 0 aliphatic carbocycles. The van der Waals surface area contributed by atoms with Gasteiger partial charge in [0.2, 0.25) is 0 Å². The molecular formula is C11H12N4OS2. The van der Waals surface area contributed by atoms with E-state index in [1.54, 1.807) is 28.9 Å². The lowest BCUT2D eigenvalue weighted by atomic mass is 10.5. The average molecular weight is 280 g/mol. The highest BCUT2D eigenvalue weighted by atomic mass is 32.2. The Bertz CT molecular complexity index is 503. The normalized spacial score (nSPS) is 12.3. The maximum absolute atomic E-state index is 11.1. The van der Waals surface area contributed by atoms with E-state index >= 15 is 0 Å². The summed E-state index contributed by atoms with van der Waals surface area (Å²) in [6.45, 7) is 0. The van der Waals surface area contributed by atoms with Crippen molar-refractivity contribution in [1.29, 1.82) is 0 Å². The lowest BCUT2D eigenvalue weighted by Gasteiger charge is -2.08. The van der Waals surface area contributed by atoms with E-state index < -0.39 is 0 Å². The summed E-state index contributed by atoms with van der Waals surface area (Å²) in [6.07, 6.45) is 4.31. The van der Waals surface area contributed by atoms with Crippen molar-refractivity contribution in [1.82, 2.24) is 19.7 Å². The van der Waals surface area contributed by atoms with Crippen LogP contribution in [0.4, 0.5) is 0 Å². The van der Waals surface area contributed by atoms with E-state index in [0.717, 1.165) is 16.5 Å². The third kappa shape index (κ3) is 3.58. The van der Waals surface area contributed by atoms with E-state index in [1.165, 1.54) is 11.8 Å². The van der Waals surface area contributed by atoms with Crippen LogP contribution < -0.4 is 0 Å².